The highest BCUT2D eigenvalue weighted by Gasteiger charge is 2.54. The van der Waals surface area contributed by atoms with Crippen molar-refractivity contribution in [1.29, 1.82) is 0 Å². The standard InChI is InChI=1S/C18H26N4O4/c1-10-14-15(11-7-8-12(23)13(9-11)26-6)20(3)18(25)22(5)16(14)21(4)17(24)19(10)2/h7-10,14-16,23H,1-6H3/t10-,14+,15-,16-/m1/s1. The van der Waals surface area contributed by atoms with Gasteiger partial charge < -0.3 is 29.4 Å². The molecular weight excluding hydrogens is 336 g/mol. The van der Waals surface area contributed by atoms with Crippen molar-refractivity contribution in [3.63, 3.8) is 0 Å². The molecule has 1 aromatic rings. The van der Waals surface area contributed by atoms with Crippen LogP contribution in [-0.2, 0) is 0 Å². The van der Waals surface area contributed by atoms with Gasteiger partial charge in [0.05, 0.1) is 13.2 Å². The van der Waals surface area contributed by atoms with E-state index in [0.29, 0.717) is 5.75 Å². The fourth-order valence-electron chi connectivity index (χ4n) is 4.31. The van der Waals surface area contributed by atoms with Crippen molar-refractivity contribution in [1.82, 2.24) is 19.6 Å². The van der Waals surface area contributed by atoms with Crippen LogP contribution >= 0.6 is 0 Å². The van der Waals surface area contributed by atoms with Crippen LogP contribution in [0.25, 0.3) is 0 Å². The van der Waals surface area contributed by atoms with E-state index >= 15 is 0 Å². The second-order valence-electron chi connectivity index (χ2n) is 7.12. The molecule has 1 N–H and O–H groups in total. The van der Waals surface area contributed by atoms with E-state index < -0.39 is 0 Å². The summed E-state index contributed by atoms with van der Waals surface area (Å²) in [6, 6.07) is 4.54. The third-order valence-corrected chi connectivity index (χ3v) is 5.84. The number of phenolic OH excluding ortho intramolecular Hbond substituents is 1. The van der Waals surface area contributed by atoms with Crippen molar-refractivity contribution in [3.05, 3.63) is 23.8 Å². The molecule has 8 nitrogen and oxygen atoms in total. The van der Waals surface area contributed by atoms with Crippen LogP contribution in [-0.4, -0.2) is 84.3 Å². The van der Waals surface area contributed by atoms with Gasteiger partial charge in [-0.2, -0.15) is 0 Å². The second-order valence-corrected chi connectivity index (χ2v) is 7.12. The summed E-state index contributed by atoms with van der Waals surface area (Å²) in [7, 11) is 8.50. The van der Waals surface area contributed by atoms with Gasteiger partial charge in [0.1, 0.15) is 6.17 Å². The lowest BCUT2D eigenvalue weighted by atomic mass is 9.80. The summed E-state index contributed by atoms with van der Waals surface area (Å²) < 4.78 is 5.24. The van der Waals surface area contributed by atoms with Crippen LogP contribution in [0.4, 0.5) is 9.59 Å². The molecule has 2 aliphatic rings. The van der Waals surface area contributed by atoms with Gasteiger partial charge in [-0.15, -0.1) is 0 Å². The molecule has 3 rings (SSSR count). The number of aromatic hydroxyl groups is 1. The van der Waals surface area contributed by atoms with Gasteiger partial charge >= 0.3 is 12.1 Å². The van der Waals surface area contributed by atoms with Gasteiger partial charge in [0.15, 0.2) is 11.5 Å². The fourth-order valence-corrected chi connectivity index (χ4v) is 4.31. The average molecular weight is 362 g/mol. The third kappa shape index (κ3) is 2.43. The van der Waals surface area contributed by atoms with Crippen LogP contribution < -0.4 is 4.74 Å². The molecule has 2 saturated heterocycles. The zero-order valence-corrected chi connectivity index (χ0v) is 16.0. The molecule has 4 amide bonds. The molecular formula is C18H26N4O4. The SMILES string of the molecule is COc1cc([C@@H]2[C@H]3[C@H](N(C)C(=O)N(C)[C@@H]3C)N(C)C(=O)N2C)ccc1O. The van der Waals surface area contributed by atoms with E-state index in [4.69, 9.17) is 4.74 Å². The van der Waals surface area contributed by atoms with E-state index in [9.17, 15) is 14.7 Å². The minimum absolute atomic E-state index is 0.0374. The molecule has 142 valence electrons. The van der Waals surface area contributed by atoms with Crippen LogP contribution in [0, 0.1) is 5.92 Å². The molecule has 0 aromatic heterocycles. The number of nitrogens with zero attached hydrogens (tertiary/aromatic N) is 4. The normalized spacial score (nSPS) is 29.2. The zero-order valence-electron chi connectivity index (χ0n) is 16.0. The van der Waals surface area contributed by atoms with Crippen molar-refractivity contribution < 1.29 is 19.4 Å². The lowest BCUT2D eigenvalue weighted by Gasteiger charge is -2.57. The number of carbonyl (C=O) groups excluding carboxylic acids is 2. The quantitative estimate of drug-likeness (QED) is 0.870. The minimum atomic E-state index is -0.345. The lowest BCUT2D eigenvalue weighted by molar-refractivity contribution is -0.0652. The summed E-state index contributed by atoms with van der Waals surface area (Å²) in [5.74, 6) is 0.375. The van der Waals surface area contributed by atoms with Gasteiger partial charge in [0.25, 0.3) is 0 Å². The number of ether oxygens (including phenoxy) is 1. The highest BCUT2D eigenvalue weighted by atomic mass is 16.5. The summed E-state index contributed by atoms with van der Waals surface area (Å²) in [4.78, 5) is 32.1. The molecule has 4 atom stereocenters. The Balaban J connectivity index is 2.13. The number of fused-ring (bicyclic) bond motifs is 1. The molecule has 2 fully saturated rings. The maximum atomic E-state index is 12.8. The number of hydrogen-bond acceptors (Lipinski definition) is 4. The van der Waals surface area contributed by atoms with Crippen LogP contribution in [0.3, 0.4) is 0 Å². The Labute approximate surface area is 153 Å². The Morgan fingerprint density at radius 3 is 2.12 bits per heavy atom. The summed E-state index contributed by atoms with van der Waals surface area (Å²) in [5, 5.41) is 9.92. The summed E-state index contributed by atoms with van der Waals surface area (Å²) in [6.07, 6.45) is -0.345. The average Bonchev–Trinajstić information content (AvgIpc) is 2.63. The number of benzene rings is 1. The maximum Gasteiger partial charge on any atom is 0.321 e. The molecule has 0 spiro atoms. The Kier molecular flexibility index (Phi) is 4.37. The van der Waals surface area contributed by atoms with E-state index in [1.807, 2.05) is 6.92 Å². The molecule has 26 heavy (non-hydrogen) atoms. The molecule has 0 radical (unpaired) electrons. The van der Waals surface area contributed by atoms with Gasteiger partial charge in [0, 0.05) is 40.2 Å². The lowest BCUT2D eigenvalue weighted by Crippen LogP contribution is -2.71. The molecule has 0 unspecified atom stereocenters. The van der Waals surface area contributed by atoms with E-state index in [1.165, 1.54) is 7.11 Å². The first-order valence-electron chi connectivity index (χ1n) is 8.56. The second kappa shape index (κ2) is 6.26. The third-order valence-electron chi connectivity index (χ3n) is 5.84. The van der Waals surface area contributed by atoms with Crippen LogP contribution in [0.2, 0.25) is 0 Å². The van der Waals surface area contributed by atoms with E-state index in [1.54, 1.807) is 66.0 Å². The fraction of sp³-hybridized carbons (Fsp3) is 0.556. The Bertz CT molecular complexity index is 736. The number of methoxy groups -OCH3 is 1. The van der Waals surface area contributed by atoms with Crippen molar-refractivity contribution in [3.8, 4) is 11.5 Å². The Morgan fingerprint density at radius 1 is 0.962 bits per heavy atom. The van der Waals surface area contributed by atoms with Crippen molar-refractivity contribution >= 4 is 12.1 Å². The Morgan fingerprint density at radius 2 is 1.54 bits per heavy atom. The zero-order chi connectivity index (χ0) is 19.3. The van der Waals surface area contributed by atoms with Crippen LogP contribution in [0.5, 0.6) is 11.5 Å². The van der Waals surface area contributed by atoms with Crippen molar-refractivity contribution in [2.24, 2.45) is 5.92 Å². The topological polar surface area (TPSA) is 76.6 Å². The molecule has 0 aliphatic carbocycles. The number of phenols is 1. The molecule has 2 heterocycles. The summed E-state index contributed by atoms with van der Waals surface area (Å²) >= 11 is 0. The molecule has 2 aliphatic heterocycles. The smallest absolute Gasteiger partial charge is 0.321 e. The molecule has 8 heteroatoms. The number of carbonyl (C=O) groups is 2. The van der Waals surface area contributed by atoms with Gasteiger partial charge in [-0.3, -0.25) is 0 Å². The number of amides is 4. The van der Waals surface area contributed by atoms with E-state index in [2.05, 4.69) is 0 Å². The first-order valence-corrected chi connectivity index (χ1v) is 8.56. The maximum absolute atomic E-state index is 12.8. The van der Waals surface area contributed by atoms with Gasteiger partial charge in [-0.05, 0) is 24.6 Å². The number of rotatable bonds is 2. The largest absolute Gasteiger partial charge is 0.504 e. The van der Waals surface area contributed by atoms with Crippen molar-refractivity contribution in [2.75, 3.05) is 35.3 Å². The number of hydrogen-bond donors (Lipinski definition) is 1. The minimum Gasteiger partial charge on any atom is -0.504 e. The van der Waals surface area contributed by atoms with E-state index in [0.717, 1.165) is 5.56 Å². The predicted molar refractivity (Wildman–Crippen MR) is 96.0 cm³/mol. The monoisotopic (exact) mass is 362 g/mol. The molecule has 1 aromatic carbocycles. The van der Waals surface area contributed by atoms with E-state index in [-0.39, 0.29) is 42.0 Å². The Hall–Kier alpha value is -2.64. The van der Waals surface area contributed by atoms with Gasteiger partial charge in [-0.25, -0.2) is 9.59 Å². The van der Waals surface area contributed by atoms with Crippen LogP contribution in [0.1, 0.15) is 18.5 Å². The molecule has 0 saturated carbocycles. The summed E-state index contributed by atoms with van der Waals surface area (Å²) in [6.45, 7) is 2.00. The van der Waals surface area contributed by atoms with Crippen molar-refractivity contribution in [2.45, 2.75) is 25.2 Å². The predicted octanol–water partition coefficient (Wildman–Crippen LogP) is 1.77. The van der Waals surface area contributed by atoms with Gasteiger partial charge in [0.2, 0.25) is 0 Å². The van der Waals surface area contributed by atoms with Crippen LogP contribution in [0.15, 0.2) is 18.2 Å². The first-order chi connectivity index (χ1) is 12.2. The highest BCUT2D eigenvalue weighted by Crippen LogP contribution is 2.44. The highest BCUT2D eigenvalue weighted by molar-refractivity contribution is 5.80. The number of urea groups is 2. The van der Waals surface area contributed by atoms with Gasteiger partial charge in [-0.1, -0.05) is 6.07 Å². The first kappa shape index (κ1) is 18.2. The molecule has 0 bridgehead atoms. The summed E-state index contributed by atoms with van der Waals surface area (Å²) in [5.41, 5.74) is 0.863.